The number of nitrogens with zero attached hydrogens (tertiary/aromatic N) is 1. The summed E-state index contributed by atoms with van der Waals surface area (Å²) in [5.74, 6) is -0.0877. The maximum atomic E-state index is 12.8. The molecule has 0 saturated carbocycles. The molecule has 0 aliphatic rings. The summed E-state index contributed by atoms with van der Waals surface area (Å²) in [5, 5.41) is 8.00. The van der Waals surface area contributed by atoms with Gasteiger partial charge in [-0.3, -0.25) is 9.59 Å². The van der Waals surface area contributed by atoms with Gasteiger partial charge < -0.3 is 10.6 Å². The van der Waals surface area contributed by atoms with Crippen molar-refractivity contribution < 1.29 is 9.59 Å². The number of carbonyl (C=O) groups is 2. The maximum Gasteiger partial charge on any atom is 0.256 e. The van der Waals surface area contributed by atoms with Gasteiger partial charge >= 0.3 is 0 Å². The van der Waals surface area contributed by atoms with E-state index in [0.717, 1.165) is 16.3 Å². The van der Waals surface area contributed by atoms with E-state index in [4.69, 9.17) is 0 Å². The lowest BCUT2D eigenvalue weighted by Crippen LogP contribution is -2.27. The molecular weight excluding hydrogens is 374 g/mol. The van der Waals surface area contributed by atoms with Crippen LogP contribution < -0.4 is 10.6 Å². The highest BCUT2D eigenvalue weighted by molar-refractivity contribution is 6.05. The number of hydrogen-bond donors (Lipinski definition) is 2. The van der Waals surface area contributed by atoms with E-state index in [-0.39, 0.29) is 17.9 Å². The van der Waals surface area contributed by atoms with Gasteiger partial charge in [0.15, 0.2) is 0 Å². The fourth-order valence-electron chi connectivity index (χ4n) is 3.41. The third kappa shape index (κ3) is 4.20. The number of nitrogens with one attached hydrogen (secondary N) is 2. The predicted molar refractivity (Wildman–Crippen MR) is 118 cm³/mol. The molecule has 148 valence electrons. The molecule has 5 heteroatoms. The summed E-state index contributed by atoms with van der Waals surface area (Å²) in [6.07, 6.45) is 1.61. The average molecular weight is 395 g/mol. The molecule has 4 rings (SSSR count). The Bertz CT molecular complexity index is 1200. The van der Waals surface area contributed by atoms with Crippen LogP contribution in [0.3, 0.4) is 0 Å². The number of amides is 2. The molecule has 1 aromatic heterocycles. The van der Waals surface area contributed by atoms with Gasteiger partial charge in [0.25, 0.3) is 11.8 Å². The lowest BCUT2D eigenvalue weighted by Gasteiger charge is -2.17. The first-order valence-corrected chi connectivity index (χ1v) is 9.73. The van der Waals surface area contributed by atoms with Gasteiger partial charge in [-0.05, 0) is 53.6 Å². The van der Waals surface area contributed by atoms with Gasteiger partial charge in [0, 0.05) is 17.3 Å². The van der Waals surface area contributed by atoms with Crippen LogP contribution in [0, 0.1) is 0 Å². The normalized spacial score (nSPS) is 11.6. The average Bonchev–Trinajstić information content (AvgIpc) is 2.79. The van der Waals surface area contributed by atoms with Crippen LogP contribution >= 0.6 is 0 Å². The van der Waals surface area contributed by atoms with Crippen molar-refractivity contribution in [3.8, 4) is 0 Å². The van der Waals surface area contributed by atoms with E-state index in [1.54, 1.807) is 48.7 Å². The summed E-state index contributed by atoms with van der Waals surface area (Å²) in [4.78, 5) is 29.4. The monoisotopic (exact) mass is 395 g/mol. The van der Waals surface area contributed by atoms with Gasteiger partial charge in [-0.2, -0.15) is 0 Å². The van der Waals surface area contributed by atoms with Crippen molar-refractivity contribution in [1.82, 2.24) is 10.3 Å². The molecule has 0 unspecified atom stereocenters. The summed E-state index contributed by atoms with van der Waals surface area (Å²) in [6, 6.07) is 25.9. The number of aromatic nitrogens is 1. The Morgan fingerprint density at radius 3 is 2.30 bits per heavy atom. The van der Waals surface area contributed by atoms with Crippen LogP contribution in [0.15, 0.2) is 91.1 Å². The largest absolute Gasteiger partial charge is 0.345 e. The number of pyridine rings is 1. The Hall–Kier alpha value is -3.99. The Labute approximate surface area is 174 Å². The summed E-state index contributed by atoms with van der Waals surface area (Å²) < 4.78 is 0. The van der Waals surface area contributed by atoms with Crippen LogP contribution in [0.25, 0.3) is 10.8 Å². The minimum atomic E-state index is -0.314. The number of anilines is 1. The van der Waals surface area contributed by atoms with E-state index in [2.05, 4.69) is 33.8 Å². The van der Waals surface area contributed by atoms with E-state index in [0.29, 0.717) is 16.9 Å². The van der Waals surface area contributed by atoms with Gasteiger partial charge in [-0.15, -0.1) is 0 Å². The number of rotatable bonds is 5. The van der Waals surface area contributed by atoms with Crippen LogP contribution in [0.5, 0.6) is 0 Å². The fourth-order valence-corrected chi connectivity index (χ4v) is 3.41. The lowest BCUT2D eigenvalue weighted by atomic mass is 9.99. The van der Waals surface area contributed by atoms with Gasteiger partial charge in [-0.25, -0.2) is 4.98 Å². The molecule has 0 fully saturated rings. The molecule has 30 heavy (non-hydrogen) atoms. The van der Waals surface area contributed by atoms with Crippen LogP contribution in [0.2, 0.25) is 0 Å². The molecule has 0 aliphatic carbocycles. The molecule has 2 amide bonds. The van der Waals surface area contributed by atoms with Crippen LogP contribution in [-0.4, -0.2) is 16.8 Å². The third-order valence-corrected chi connectivity index (χ3v) is 4.93. The number of hydrogen-bond acceptors (Lipinski definition) is 3. The fraction of sp³-hybridized carbons (Fsp3) is 0.0800. The molecule has 0 aliphatic heterocycles. The summed E-state index contributed by atoms with van der Waals surface area (Å²) >= 11 is 0. The highest BCUT2D eigenvalue weighted by Gasteiger charge is 2.15. The van der Waals surface area contributed by atoms with Crippen molar-refractivity contribution >= 4 is 28.4 Å². The van der Waals surface area contributed by atoms with Crippen molar-refractivity contribution in [2.75, 3.05) is 5.32 Å². The van der Waals surface area contributed by atoms with E-state index in [1.807, 2.05) is 31.2 Å². The molecule has 2 N–H and O–H groups in total. The topological polar surface area (TPSA) is 71.1 Å². The molecule has 0 bridgehead atoms. The Morgan fingerprint density at radius 2 is 1.50 bits per heavy atom. The second kappa shape index (κ2) is 8.57. The molecule has 0 radical (unpaired) electrons. The quantitative estimate of drug-likeness (QED) is 0.501. The van der Waals surface area contributed by atoms with Crippen LogP contribution in [0.1, 0.15) is 39.2 Å². The van der Waals surface area contributed by atoms with Crippen molar-refractivity contribution in [3.05, 3.63) is 108 Å². The molecule has 1 atom stereocenters. The molecule has 5 nitrogen and oxygen atoms in total. The van der Waals surface area contributed by atoms with Gasteiger partial charge in [0.05, 0.1) is 6.04 Å². The standard InChI is InChI=1S/C25H21N3O2/c1-17(21-13-7-9-18-8-2-3-12-22(18)21)27-24(29)19-10-6-11-20(16-19)25(30)28-23-14-4-5-15-26-23/h2-17H,1H3,(H,27,29)(H,26,28,30)/t17-/m0/s1. The summed E-state index contributed by atoms with van der Waals surface area (Å²) in [6.45, 7) is 1.96. The predicted octanol–water partition coefficient (Wildman–Crippen LogP) is 4.98. The SMILES string of the molecule is C[C@H](NC(=O)c1cccc(C(=O)Nc2ccccn2)c1)c1cccc2ccccc12. The second-order valence-corrected chi connectivity index (χ2v) is 7.01. The van der Waals surface area contributed by atoms with Crippen LogP contribution in [-0.2, 0) is 0 Å². The molecule has 0 saturated heterocycles. The highest BCUT2D eigenvalue weighted by atomic mass is 16.2. The smallest absolute Gasteiger partial charge is 0.256 e. The minimum Gasteiger partial charge on any atom is -0.345 e. The zero-order chi connectivity index (χ0) is 20.9. The van der Waals surface area contributed by atoms with Crippen molar-refractivity contribution in [1.29, 1.82) is 0 Å². The highest BCUT2D eigenvalue weighted by Crippen LogP contribution is 2.24. The second-order valence-electron chi connectivity index (χ2n) is 7.01. The van der Waals surface area contributed by atoms with Crippen LogP contribution in [0.4, 0.5) is 5.82 Å². The summed E-state index contributed by atoms with van der Waals surface area (Å²) in [5.41, 5.74) is 1.87. The van der Waals surface area contributed by atoms with E-state index < -0.39 is 0 Å². The Morgan fingerprint density at radius 1 is 0.800 bits per heavy atom. The van der Waals surface area contributed by atoms with Gasteiger partial charge in [0.2, 0.25) is 0 Å². The zero-order valence-electron chi connectivity index (χ0n) is 16.5. The molecule has 3 aromatic carbocycles. The zero-order valence-corrected chi connectivity index (χ0v) is 16.5. The van der Waals surface area contributed by atoms with Gasteiger partial charge in [-0.1, -0.05) is 54.6 Å². The minimum absolute atomic E-state index is 0.186. The first kappa shape index (κ1) is 19.3. The van der Waals surface area contributed by atoms with E-state index in [9.17, 15) is 9.59 Å². The van der Waals surface area contributed by atoms with Crippen molar-refractivity contribution in [2.45, 2.75) is 13.0 Å². The first-order valence-electron chi connectivity index (χ1n) is 9.73. The third-order valence-electron chi connectivity index (χ3n) is 4.93. The first-order chi connectivity index (χ1) is 14.6. The number of carbonyl (C=O) groups excluding carboxylic acids is 2. The Kier molecular flexibility index (Phi) is 5.52. The molecule has 1 heterocycles. The number of benzene rings is 3. The van der Waals surface area contributed by atoms with E-state index >= 15 is 0 Å². The summed E-state index contributed by atoms with van der Waals surface area (Å²) in [7, 11) is 0. The number of fused-ring (bicyclic) bond motifs is 1. The van der Waals surface area contributed by atoms with Crippen molar-refractivity contribution in [3.63, 3.8) is 0 Å². The molecule has 0 spiro atoms. The Balaban J connectivity index is 1.51. The van der Waals surface area contributed by atoms with Gasteiger partial charge in [0.1, 0.15) is 5.82 Å². The maximum absolute atomic E-state index is 12.8. The molecule has 4 aromatic rings. The molecular formula is C25H21N3O2. The van der Waals surface area contributed by atoms with Crippen molar-refractivity contribution in [2.24, 2.45) is 0 Å². The lowest BCUT2D eigenvalue weighted by molar-refractivity contribution is 0.0940. The van der Waals surface area contributed by atoms with E-state index in [1.165, 1.54) is 0 Å².